The summed E-state index contributed by atoms with van der Waals surface area (Å²) < 4.78 is 16.3. The van der Waals surface area contributed by atoms with Crippen LogP contribution in [-0.2, 0) is 4.74 Å². The number of esters is 1. The van der Waals surface area contributed by atoms with Gasteiger partial charge in [0, 0.05) is 24.5 Å². The first-order valence-electron chi connectivity index (χ1n) is 9.97. The van der Waals surface area contributed by atoms with E-state index < -0.39 is 5.97 Å². The van der Waals surface area contributed by atoms with Crippen molar-refractivity contribution in [1.82, 2.24) is 15.2 Å². The first kappa shape index (κ1) is 19.1. The van der Waals surface area contributed by atoms with Crippen LogP contribution >= 0.6 is 0 Å². The molecule has 0 unspecified atom stereocenters. The third kappa shape index (κ3) is 3.82. The second kappa shape index (κ2) is 8.01. The second-order valence-electron chi connectivity index (χ2n) is 7.89. The summed E-state index contributed by atoms with van der Waals surface area (Å²) in [5.41, 5.74) is 1.75. The molecule has 0 aliphatic carbocycles. The van der Waals surface area contributed by atoms with Gasteiger partial charge in [0.05, 0.1) is 19.7 Å². The first-order valence-corrected chi connectivity index (χ1v) is 9.97. The highest BCUT2D eigenvalue weighted by atomic mass is 16.5. The van der Waals surface area contributed by atoms with Crippen molar-refractivity contribution in [3.8, 4) is 11.5 Å². The maximum Gasteiger partial charge on any atom is 0.354 e. The number of fused-ring (bicyclic) bond motifs is 1. The van der Waals surface area contributed by atoms with Crippen LogP contribution in [0.4, 0.5) is 0 Å². The smallest absolute Gasteiger partial charge is 0.354 e. The third-order valence-corrected chi connectivity index (χ3v) is 6.16. The van der Waals surface area contributed by atoms with Crippen LogP contribution in [0.5, 0.6) is 11.5 Å². The Labute approximate surface area is 165 Å². The van der Waals surface area contributed by atoms with Gasteiger partial charge in [0.15, 0.2) is 11.5 Å². The van der Waals surface area contributed by atoms with Gasteiger partial charge in [-0.2, -0.15) is 0 Å². The normalized spacial score (nSPS) is 19.2. The van der Waals surface area contributed by atoms with E-state index in [0.29, 0.717) is 29.2 Å². The van der Waals surface area contributed by atoms with E-state index in [1.165, 1.54) is 32.9 Å². The summed E-state index contributed by atoms with van der Waals surface area (Å²) in [6.07, 6.45) is 3.86. The number of piperidine rings is 1. The summed E-state index contributed by atoms with van der Waals surface area (Å²) in [5.74, 6) is 0.960. The van der Waals surface area contributed by atoms with Crippen molar-refractivity contribution < 1.29 is 19.0 Å². The van der Waals surface area contributed by atoms with Gasteiger partial charge in [0.25, 0.3) is 0 Å². The van der Waals surface area contributed by atoms with Crippen LogP contribution in [0, 0.1) is 5.41 Å². The molecular formula is C21H29N3O4. The number of carbonyl (C=O) groups excluding carboxylic acids is 1. The molecule has 7 nitrogen and oxygen atoms in total. The van der Waals surface area contributed by atoms with E-state index in [-0.39, 0.29) is 0 Å². The largest absolute Gasteiger partial charge is 0.493 e. The van der Waals surface area contributed by atoms with Crippen molar-refractivity contribution in [2.75, 3.05) is 53.6 Å². The van der Waals surface area contributed by atoms with Crippen LogP contribution in [0.25, 0.3) is 10.9 Å². The Morgan fingerprint density at radius 1 is 1.14 bits per heavy atom. The molecule has 0 bridgehead atoms. The average Bonchev–Trinajstić information content (AvgIpc) is 3.31. The van der Waals surface area contributed by atoms with E-state index >= 15 is 0 Å². The van der Waals surface area contributed by atoms with E-state index in [9.17, 15) is 4.79 Å². The Kier molecular flexibility index (Phi) is 5.46. The number of hydrogen-bond acceptors (Lipinski definition) is 6. The Hall–Kier alpha value is -2.25. The zero-order valence-electron chi connectivity index (χ0n) is 16.7. The quantitative estimate of drug-likeness (QED) is 0.742. The average molecular weight is 387 g/mol. The monoisotopic (exact) mass is 387 g/mol. The molecule has 2 saturated heterocycles. The lowest BCUT2D eigenvalue weighted by atomic mass is 9.78. The first-order chi connectivity index (χ1) is 13.6. The Balaban J connectivity index is 1.39. The van der Waals surface area contributed by atoms with Crippen LogP contribution in [0.3, 0.4) is 0 Å². The fraction of sp³-hybridized carbons (Fsp3) is 0.571. The molecule has 3 heterocycles. The maximum absolute atomic E-state index is 11.7. The number of H-pyrrole nitrogens is 1. The molecule has 0 amide bonds. The number of aromatic nitrogens is 1. The number of benzene rings is 1. The standard InChI is InChI=1S/C21H29N3O4/c1-26-18-13-16-15(11-17(23-16)20(25)27-2)12-19(18)28-10-9-24-8-5-21(14-24)3-6-22-7-4-21/h11-13,22-23H,3-10,14H2,1-2H3. The van der Waals surface area contributed by atoms with Crippen molar-refractivity contribution in [2.45, 2.75) is 19.3 Å². The van der Waals surface area contributed by atoms with Gasteiger partial charge in [0.2, 0.25) is 0 Å². The number of likely N-dealkylation sites (tertiary alicyclic amines) is 1. The summed E-state index contributed by atoms with van der Waals surface area (Å²) in [4.78, 5) is 17.3. The SMILES string of the molecule is COC(=O)c1cc2cc(OCCN3CCC4(CCNCC4)C3)c(OC)cc2[nH]1. The maximum atomic E-state index is 11.7. The highest BCUT2D eigenvalue weighted by molar-refractivity contribution is 5.95. The van der Waals surface area contributed by atoms with Crippen molar-refractivity contribution in [1.29, 1.82) is 0 Å². The number of methoxy groups -OCH3 is 2. The zero-order valence-corrected chi connectivity index (χ0v) is 16.7. The molecule has 1 aromatic carbocycles. The summed E-state index contributed by atoms with van der Waals surface area (Å²) >= 11 is 0. The molecular weight excluding hydrogens is 358 g/mol. The number of hydrogen-bond donors (Lipinski definition) is 2. The van der Waals surface area contributed by atoms with Gasteiger partial charge in [-0.1, -0.05) is 0 Å². The molecule has 2 fully saturated rings. The predicted octanol–water partition coefficient (Wildman–Crippen LogP) is 2.42. The van der Waals surface area contributed by atoms with Crippen molar-refractivity contribution >= 4 is 16.9 Å². The van der Waals surface area contributed by atoms with Gasteiger partial charge in [-0.15, -0.1) is 0 Å². The van der Waals surface area contributed by atoms with E-state index in [2.05, 4.69) is 15.2 Å². The van der Waals surface area contributed by atoms with E-state index in [0.717, 1.165) is 37.1 Å². The molecule has 2 aliphatic rings. The minimum absolute atomic E-state index is 0.390. The Bertz CT molecular complexity index is 842. The lowest BCUT2D eigenvalue weighted by Gasteiger charge is -2.33. The third-order valence-electron chi connectivity index (χ3n) is 6.16. The molecule has 152 valence electrons. The fourth-order valence-corrected chi connectivity index (χ4v) is 4.50. The molecule has 0 atom stereocenters. The molecule has 1 spiro atoms. The van der Waals surface area contributed by atoms with Gasteiger partial charge in [-0.05, 0) is 56.4 Å². The van der Waals surface area contributed by atoms with E-state index in [1.807, 2.05) is 12.1 Å². The molecule has 2 aromatic rings. The van der Waals surface area contributed by atoms with E-state index in [4.69, 9.17) is 14.2 Å². The van der Waals surface area contributed by atoms with E-state index in [1.54, 1.807) is 13.2 Å². The lowest BCUT2D eigenvalue weighted by molar-refractivity contribution is 0.0595. The van der Waals surface area contributed by atoms with Crippen molar-refractivity contribution in [3.05, 3.63) is 23.9 Å². The number of carbonyl (C=O) groups is 1. The summed E-state index contributed by atoms with van der Waals surface area (Å²) in [5, 5.41) is 4.36. The number of nitrogens with zero attached hydrogens (tertiary/aromatic N) is 1. The molecule has 0 saturated carbocycles. The van der Waals surface area contributed by atoms with Crippen LogP contribution in [-0.4, -0.2) is 69.4 Å². The summed E-state index contributed by atoms with van der Waals surface area (Å²) in [7, 11) is 2.99. The van der Waals surface area contributed by atoms with Gasteiger partial charge in [0.1, 0.15) is 12.3 Å². The fourth-order valence-electron chi connectivity index (χ4n) is 4.50. The highest BCUT2D eigenvalue weighted by Gasteiger charge is 2.38. The van der Waals surface area contributed by atoms with Crippen LogP contribution < -0.4 is 14.8 Å². The summed E-state index contributed by atoms with van der Waals surface area (Å²) in [6.45, 7) is 6.15. The number of ether oxygens (including phenoxy) is 3. The molecule has 1 aromatic heterocycles. The Morgan fingerprint density at radius 2 is 1.96 bits per heavy atom. The van der Waals surface area contributed by atoms with Crippen LogP contribution in [0.1, 0.15) is 29.8 Å². The summed E-state index contributed by atoms with van der Waals surface area (Å²) in [6, 6.07) is 5.54. The molecule has 0 radical (unpaired) electrons. The predicted molar refractivity (Wildman–Crippen MR) is 107 cm³/mol. The zero-order chi connectivity index (χ0) is 19.6. The van der Waals surface area contributed by atoms with Crippen LogP contribution in [0.2, 0.25) is 0 Å². The molecule has 2 aliphatic heterocycles. The molecule has 4 rings (SSSR count). The van der Waals surface area contributed by atoms with Gasteiger partial charge < -0.3 is 24.5 Å². The second-order valence-corrected chi connectivity index (χ2v) is 7.89. The van der Waals surface area contributed by atoms with Crippen molar-refractivity contribution in [3.63, 3.8) is 0 Å². The molecule has 7 heteroatoms. The van der Waals surface area contributed by atoms with Crippen LogP contribution in [0.15, 0.2) is 18.2 Å². The van der Waals surface area contributed by atoms with Gasteiger partial charge >= 0.3 is 5.97 Å². The topological polar surface area (TPSA) is 75.8 Å². The highest BCUT2D eigenvalue weighted by Crippen LogP contribution is 2.38. The number of aromatic amines is 1. The molecule has 2 N–H and O–H groups in total. The Morgan fingerprint density at radius 3 is 2.71 bits per heavy atom. The van der Waals surface area contributed by atoms with Gasteiger partial charge in [-0.25, -0.2) is 4.79 Å². The van der Waals surface area contributed by atoms with Crippen molar-refractivity contribution in [2.24, 2.45) is 5.41 Å². The minimum atomic E-state index is -0.390. The number of nitrogens with one attached hydrogen (secondary N) is 2. The minimum Gasteiger partial charge on any atom is -0.493 e. The molecule has 28 heavy (non-hydrogen) atoms. The number of rotatable bonds is 6. The van der Waals surface area contributed by atoms with Gasteiger partial charge in [-0.3, -0.25) is 4.90 Å². The lowest BCUT2D eigenvalue weighted by Crippen LogP contribution is -2.39.